The van der Waals surface area contributed by atoms with Gasteiger partial charge in [0, 0.05) is 28.4 Å². The van der Waals surface area contributed by atoms with E-state index in [1.165, 1.54) is 60.8 Å². The first-order valence-corrected chi connectivity index (χ1v) is 21.0. The van der Waals surface area contributed by atoms with Crippen LogP contribution in [-0.2, 0) is 5.41 Å². The zero-order chi connectivity index (χ0) is 40.6. The van der Waals surface area contributed by atoms with Crippen molar-refractivity contribution >= 4 is 39.2 Å². The summed E-state index contributed by atoms with van der Waals surface area (Å²) in [5.41, 5.74) is 17.1. The number of para-hydroxylation sites is 2. The van der Waals surface area contributed by atoms with Crippen molar-refractivity contribution in [1.29, 1.82) is 0 Å². The van der Waals surface area contributed by atoms with Crippen molar-refractivity contribution in [3.63, 3.8) is 0 Å². The summed E-state index contributed by atoms with van der Waals surface area (Å²) in [6.45, 7) is 0. The molecular weight excluding hydrogens is 737 g/mol. The molecule has 1 aliphatic carbocycles. The van der Waals surface area contributed by atoms with Crippen LogP contribution in [0.1, 0.15) is 22.3 Å². The summed E-state index contributed by atoms with van der Waals surface area (Å²) >= 11 is 0. The Hall–Kier alpha value is -7.94. The second-order valence-corrected chi connectivity index (χ2v) is 15.8. The fourth-order valence-electron chi connectivity index (χ4n) is 9.69. The third-order valence-electron chi connectivity index (χ3n) is 12.3. The van der Waals surface area contributed by atoms with E-state index in [2.05, 4.69) is 259 Å². The van der Waals surface area contributed by atoms with E-state index < -0.39 is 5.41 Å². The Balaban J connectivity index is 1.13. The second kappa shape index (κ2) is 15.3. The van der Waals surface area contributed by atoms with E-state index in [1.54, 1.807) is 0 Å². The van der Waals surface area contributed by atoms with Crippen LogP contribution in [0.25, 0.3) is 44.2 Å². The molecule has 0 bridgehead atoms. The molecule has 0 unspecified atom stereocenters. The number of fused-ring (bicyclic) bond motifs is 4. The van der Waals surface area contributed by atoms with Crippen LogP contribution in [0, 0.1) is 0 Å². The van der Waals surface area contributed by atoms with Gasteiger partial charge in [-0.15, -0.1) is 0 Å². The van der Waals surface area contributed by atoms with Gasteiger partial charge in [0.1, 0.15) is 0 Å². The lowest BCUT2D eigenvalue weighted by atomic mass is 9.67. The predicted octanol–water partition coefficient (Wildman–Crippen LogP) is 15.8. The maximum absolute atomic E-state index is 3.98. The molecule has 10 aromatic rings. The van der Waals surface area contributed by atoms with Gasteiger partial charge in [0.2, 0.25) is 0 Å². The second-order valence-electron chi connectivity index (χ2n) is 15.8. The van der Waals surface area contributed by atoms with Gasteiger partial charge in [-0.2, -0.15) is 0 Å². The monoisotopic (exact) mass is 778 g/mol. The largest absolute Gasteiger partial charge is 0.355 e. The molecule has 1 N–H and O–H groups in total. The van der Waals surface area contributed by atoms with Gasteiger partial charge in [0.05, 0.1) is 5.41 Å². The third kappa shape index (κ3) is 6.29. The van der Waals surface area contributed by atoms with Crippen LogP contribution in [0.15, 0.2) is 249 Å². The predicted molar refractivity (Wildman–Crippen MR) is 257 cm³/mol. The molecular formula is C59H42N2. The van der Waals surface area contributed by atoms with Crippen LogP contribution >= 0.6 is 0 Å². The first kappa shape index (κ1) is 36.2. The van der Waals surface area contributed by atoms with E-state index >= 15 is 0 Å². The molecule has 0 heterocycles. The van der Waals surface area contributed by atoms with Crippen LogP contribution in [0.2, 0.25) is 0 Å². The third-order valence-corrected chi connectivity index (χ3v) is 12.3. The summed E-state index contributed by atoms with van der Waals surface area (Å²) in [5, 5.41) is 6.42. The Morgan fingerprint density at radius 3 is 1.54 bits per heavy atom. The van der Waals surface area contributed by atoms with Crippen molar-refractivity contribution < 1.29 is 0 Å². The lowest BCUT2D eigenvalue weighted by Gasteiger charge is -2.34. The molecule has 2 nitrogen and oxygen atoms in total. The molecule has 2 heteroatoms. The molecule has 0 atom stereocenters. The van der Waals surface area contributed by atoms with E-state index in [-0.39, 0.29) is 0 Å². The van der Waals surface area contributed by atoms with Crippen molar-refractivity contribution in [1.82, 2.24) is 0 Å². The maximum atomic E-state index is 3.98. The Morgan fingerprint density at radius 1 is 0.328 bits per heavy atom. The average Bonchev–Trinajstić information content (AvgIpc) is 3.63. The van der Waals surface area contributed by atoms with Gasteiger partial charge in [-0.3, -0.25) is 0 Å². The molecule has 61 heavy (non-hydrogen) atoms. The smallest absolute Gasteiger partial charge is 0.0714 e. The first-order valence-electron chi connectivity index (χ1n) is 21.0. The highest BCUT2D eigenvalue weighted by atomic mass is 15.1. The Bertz CT molecular complexity index is 3060. The van der Waals surface area contributed by atoms with Gasteiger partial charge in [-0.1, -0.05) is 194 Å². The van der Waals surface area contributed by atoms with Crippen molar-refractivity contribution in [3.8, 4) is 33.4 Å². The molecule has 288 valence electrons. The highest BCUT2D eigenvalue weighted by Crippen LogP contribution is 2.56. The van der Waals surface area contributed by atoms with Crippen LogP contribution in [0.4, 0.5) is 28.4 Å². The van der Waals surface area contributed by atoms with Crippen molar-refractivity contribution in [2.24, 2.45) is 0 Å². The Morgan fingerprint density at radius 2 is 0.869 bits per heavy atom. The average molecular weight is 779 g/mol. The molecule has 0 saturated carbocycles. The zero-order valence-corrected chi connectivity index (χ0v) is 33.6. The molecule has 0 spiro atoms. The first-order chi connectivity index (χ1) is 30.3. The van der Waals surface area contributed by atoms with Gasteiger partial charge in [-0.05, 0) is 121 Å². The number of nitrogens with one attached hydrogen (secondary N) is 1. The molecule has 0 saturated heterocycles. The summed E-state index contributed by atoms with van der Waals surface area (Å²) in [5.74, 6) is 0. The molecule has 0 aromatic heterocycles. The molecule has 0 aliphatic heterocycles. The summed E-state index contributed by atoms with van der Waals surface area (Å²) in [4.78, 5) is 2.35. The SMILES string of the molecule is c1ccc(-c2c(-c3cc(Nc4ccc5c(c4)C(c4ccccc4)(c4ccccc4)c4ccccc4-5)cc(N(c4ccccc4)c4ccccc4)c3)ccc3ccccc23)cc1. The molecule has 10 aromatic carbocycles. The van der Waals surface area contributed by atoms with E-state index in [9.17, 15) is 0 Å². The fraction of sp³-hybridized carbons (Fsp3) is 0.0169. The minimum absolute atomic E-state index is 0.494. The lowest BCUT2D eigenvalue weighted by molar-refractivity contribution is 0.769. The Labute approximate surface area is 357 Å². The molecule has 0 fully saturated rings. The number of anilines is 5. The van der Waals surface area contributed by atoms with Gasteiger partial charge in [0.15, 0.2) is 0 Å². The van der Waals surface area contributed by atoms with Gasteiger partial charge < -0.3 is 10.2 Å². The zero-order valence-electron chi connectivity index (χ0n) is 33.6. The van der Waals surface area contributed by atoms with Gasteiger partial charge in [0.25, 0.3) is 0 Å². The van der Waals surface area contributed by atoms with Gasteiger partial charge in [-0.25, -0.2) is 0 Å². The number of rotatable bonds is 9. The van der Waals surface area contributed by atoms with Gasteiger partial charge >= 0.3 is 0 Å². The lowest BCUT2D eigenvalue weighted by Crippen LogP contribution is -2.28. The van der Waals surface area contributed by atoms with Crippen molar-refractivity contribution in [2.75, 3.05) is 10.2 Å². The normalized spacial score (nSPS) is 12.4. The van der Waals surface area contributed by atoms with Crippen molar-refractivity contribution in [2.45, 2.75) is 5.41 Å². The summed E-state index contributed by atoms with van der Waals surface area (Å²) < 4.78 is 0. The Kier molecular flexibility index (Phi) is 9.09. The standard InChI is InChI=1S/C59H42N2/c1-6-21-43(22-7-1)58-52-31-17-16-20-42(52)34-36-53(58)44-38-48(40-51(39-44)61(49-27-12-4-13-28-49)50-29-14-5-15-30-50)60-47-35-37-55-54-32-18-19-33-56(54)59(57(55)41-47,45-23-8-2-9-24-45)46-25-10-3-11-26-46/h1-41,60H. The summed E-state index contributed by atoms with van der Waals surface area (Å²) in [7, 11) is 0. The summed E-state index contributed by atoms with van der Waals surface area (Å²) in [6.07, 6.45) is 0. The number of nitrogens with zero attached hydrogens (tertiary/aromatic N) is 1. The van der Waals surface area contributed by atoms with E-state index in [1.807, 2.05) is 0 Å². The van der Waals surface area contributed by atoms with E-state index in [0.29, 0.717) is 0 Å². The van der Waals surface area contributed by atoms with Crippen LogP contribution in [-0.4, -0.2) is 0 Å². The maximum Gasteiger partial charge on any atom is 0.0714 e. The van der Waals surface area contributed by atoms with Crippen LogP contribution in [0.5, 0.6) is 0 Å². The minimum Gasteiger partial charge on any atom is -0.355 e. The topological polar surface area (TPSA) is 15.3 Å². The number of hydrogen-bond acceptors (Lipinski definition) is 2. The molecule has 0 radical (unpaired) electrons. The quantitative estimate of drug-likeness (QED) is 0.157. The van der Waals surface area contributed by atoms with E-state index in [4.69, 9.17) is 0 Å². The molecule has 11 rings (SSSR count). The molecule has 0 amide bonds. The highest BCUT2D eigenvalue weighted by molar-refractivity contribution is 6.05. The molecule has 1 aliphatic rings. The van der Waals surface area contributed by atoms with E-state index in [0.717, 1.165) is 34.0 Å². The summed E-state index contributed by atoms with van der Waals surface area (Å²) in [6, 6.07) is 90.2. The highest BCUT2D eigenvalue weighted by Gasteiger charge is 2.46. The fourth-order valence-corrected chi connectivity index (χ4v) is 9.69. The van der Waals surface area contributed by atoms with Crippen LogP contribution in [0.3, 0.4) is 0 Å². The number of benzene rings is 10. The number of hydrogen-bond donors (Lipinski definition) is 1. The minimum atomic E-state index is -0.494. The van der Waals surface area contributed by atoms with Crippen LogP contribution < -0.4 is 10.2 Å². The van der Waals surface area contributed by atoms with Crippen molar-refractivity contribution in [3.05, 3.63) is 271 Å².